The number of aromatic nitrogens is 2. The van der Waals surface area contributed by atoms with Crippen LogP contribution in [0.4, 0.5) is 0 Å². The number of nitrogens with zero attached hydrogens (tertiary/aromatic N) is 1. The highest BCUT2D eigenvalue weighted by Gasteiger charge is 2.31. The first kappa shape index (κ1) is 25.1. The molecule has 0 aliphatic heterocycles. The number of nitrogens with two attached hydrogens (primary N) is 1. The van der Waals surface area contributed by atoms with Gasteiger partial charge in [-0.05, 0) is 18.8 Å². The lowest BCUT2D eigenvalue weighted by molar-refractivity contribution is -0.141. The molecule has 1 rings (SSSR count). The summed E-state index contributed by atoms with van der Waals surface area (Å²) in [5.74, 6) is -3.30. The summed E-state index contributed by atoms with van der Waals surface area (Å²) >= 11 is 0. The number of carbonyl (C=O) groups is 4. The highest BCUT2D eigenvalue weighted by atomic mass is 16.4. The van der Waals surface area contributed by atoms with Crippen molar-refractivity contribution in [1.29, 1.82) is 0 Å². The largest absolute Gasteiger partial charge is 0.480 e. The highest BCUT2D eigenvalue weighted by molar-refractivity contribution is 5.94. The number of rotatable bonds is 11. The molecule has 0 spiro atoms. The number of amides is 3. The van der Waals surface area contributed by atoms with Crippen molar-refractivity contribution in [2.75, 3.05) is 0 Å². The maximum Gasteiger partial charge on any atom is 0.325 e. The van der Waals surface area contributed by atoms with Crippen molar-refractivity contribution in [1.82, 2.24) is 25.9 Å². The second kappa shape index (κ2) is 11.3. The molecule has 1 heterocycles. The molecule has 168 valence electrons. The van der Waals surface area contributed by atoms with Crippen molar-refractivity contribution in [3.8, 4) is 0 Å². The number of aliphatic carboxylic acids is 1. The van der Waals surface area contributed by atoms with Crippen LogP contribution in [0.5, 0.6) is 0 Å². The minimum absolute atomic E-state index is 0.0637. The molecule has 4 atom stereocenters. The Kier molecular flexibility index (Phi) is 9.44. The van der Waals surface area contributed by atoms with Crippen molar-refractivity contribution in [3.63, 3.8) is 0 Å². The van der Waals surface area contributed by atoms with Crippen molar-refractivity contribution in [3.05, 3.63) is 18.2 Å². The van der Waals surface area contributed by atoms with Crippen LogP contribution in [0.2, 0.25) is 0 Å². The van der Waals surface area contributed by atoms with E-state index in [0.29, 0.717) is 5.69 Å². The van der Waals surface area contributed by atoms with E-state index in [1.165, 1.54) is 19.4 Å². The molecule has 0 saturated carbocycles. The zero-order valence-electron chi connectivity index (χ0n) is 17.9. The Bertz CT molecular complexity index is 734. The molecule has 0 aromatic carbocycles. The Morgan fingerprint density at radius 2 is 1.63 bits per heavy atom. The van der Waals surface area contributed by atoms with Crippen LogP contribution < -0.4 is 21.7 Å². The Hall–Kier alpha value is -2.95. The van der Waals surface area contributed by atoms with Crippen LogP contribution in [0.1, 0.15) is 40.3 Å². The maximum absolute atomic E-state index is 12.9. The van der Waals surface area contributed by atoms with E-state index < -0.39 is 47.9 Å². The lowest BCUT2D eigenvalue weighted by atomic mass is 9.99. The molecule has 0 fully saturated rings. The Morgan fingerprint density at radius 1 is 1.00 bits per heavy atom. The van der Waals surface area contributed by atoms with Gasteiger partial charge in [0.25, 0.3) is 0 Å². The first-order valence-electron chi connectivity index (χ1n) is 9.80. The van der Waals surface area contributed by atoms with Gasteiger partial charge in [-0.3, -0.25) is 19.2 Å². The number of hydrogen-bond donors (Lipinski definition) is 6. The summed E-state index contributed by atoms with van der Waals surface area (Å²) < 4.78 is 0. The fourth-order valence-corrected chi connectivity index (χ4v) is 2.55. The SMILES string of the molecule is CC(NC(=O)C(Cc1cnc[nH]1)NC(=O)C(NC(=O)C(N)C(C)C)C(C)C)C(=O)O. The number of nitrogens with one attached hydrogen (secondary N) is 4. The second-order valence-corrected chi connectivity index (χ2v) is 7.91. The van der Waals surface area contributed by atoms with Gasteiger partial charge in [0.2, 0.25) is 17.7 Å². The lowest BCUT2D eigenvalue weighted by Gasteiger charge is -2.27. The number of H-pyrrole nitrogens is 1. The molecule has 0 aliphatic carbocycles. The number of imidazole rings is 1. The predicted molar refractivity (Wildman–Crippen MR) is 109 cm³/mol. The molecule has 11 heteroatoms. The quantitative estimate of drug-likeness (QED) is 0.268. The van der Waals surface area contributed by atoms with E-state index in [0.717, 1.165) is 0 Å². The first-order valence-corrected chi connectivity index (χ1v) is 9.80. The van der Waals surface area contributed by atoms with Crippen molar-refractivity contribution in [2.24, 2.45) is 17.6 Å². The molecule has 0 bridgehead atoms. The normalized spacial score (nSPS) is 15.2. The molecule has 0 saturated heterocycles. The molecule has 3 amide bonds. The molecular weight excluding hydrogens is 392 g/mol. The van der Waals surface area contributed by atoms with E-state index in [-0.39, 0.29) is 18.3 Å². The third-order valence-corrected chi connectivity index (χ3v) is 4.61. The molecule has 30 heavy (non-hydrogen) atoms. The molecule has 4 unspecified atom stereocenters. The Morgan fingerprint density at radius 3 is 2.10 bits per heavy atom. The van der Waals surface area contributed by atoms with Crippen LogP contribution in [0.15, 0.2) is 12.5 Å². The van der Waals surface area contributed by atoms with Gasteiger partial charge < -0.3 is 31.8 Å². The summed E-state index contributed by atoms with van der Waals surface area (Å²) in [4.78, 5) is 55.6. The number of hydrogen-bond acceptors (Lipinski definition) is 6. The van der Waals surface area contributed by atoms with Crippen LogP contribution in [-0.2, 0) is 25.6 Å². The van der Waals surface area contributed by atoms with Gasteiger partial charge in [-0.25, -0.2) is 4.98 Å². The number of aromatic amines is 1. The van der Waals surface area contributed by atoms with Gasteiger partial charge in [-0.2, -0.15) is 0 Å². The van der Waals surface area contributed by atoms with Crippen LogP contribution in [-0.4, -0.2) is 62.9 Å². The summed E-state index contributed by atoms with van der Waals surface area (Å²) in [5.41, 5.74) is 6.43. The maximum atomic E-state index is 12.9. The average molecular weight is 425 g/mol. The summed E-state index contributed by atoms with van der Waals surface area (Å²) in [6.45, 7) is 8.41. The molecule has 1 aromatic heterocycles. The van der Waals surface area contributed by atoms with Crippen LogP contribution in [0.25, 0.3) is 0 Å². The third-order valence-electron chi connectivity index (χ3n) is 4.61. The smallest absolute Gasteiger partial charge is 0.325 e. The van der Waals surface area contributed by atoms with Crippen LogP contribution in [0.3, 0.4) is 0 Å². The van der Waals surface area contributed by atoms with Crippen molar-refractivity contribution < 1.29 is 24.3 Å². The van der Waals surface area contributed by atoms with Crippen LogP contribution in [0, 0.1) is 11.8 Å². The molecule has 1 aromatic rings. The Balaban J connectivity index is 2.97. The highest BCUT2D eigenvalue weighted by Crippen LogP contribution is 2.07. The number of carboxylic acids is 1. The molecule has 11 nitrogen and oxygen atoms in total. The van der Waals surface area contributed by atoms with Crippen molar-refractivity contribution >= 4 is 23.7 Å². The number of carbonyl (C=O) groups excluding carboxylic acids is 3. The third kappa shape index (κ3) is 7.47. The van der Waals surface area contributed by atoms with Crippen molar-refractivity contribution in [2.45, 2.75) is 65.2 Å². The number of carboxylic acid groups (broad SMARTS) is 1. The van der Waals surface area contributed by atoms with E-state index in [2.05, 4.69) is 25.9 Å². The van der Waals surface area contributed by atoms with Gasteiger partial charge in [-0.1, -0.05) is 27.7 Å². The fourth-order valence-electron chi connectivity index (χ4n) is 2.55. The fraction of sp³-hybridized carbons (Fsp3) is 0.632. The summed E-state index contributed by atoms with van der Waals surface area (Å²) in [7, 11) is 0. The summed E-state index contributed by atoms with van der Waals surface area (Å²) in [6.07, 6.45) is 2.99. The van der Waals surface area contributed by atoms with Gasteiger partial charge in [0.1, 0.15) is 18.1 Å². The van der Waals surface area contributed by atoms with Gasteiger partial charge in [0.15, 0.2) is 0 Å². The molecule has 7 N–H and O–H groups in total. The minimum atomic E-state index is -1.20. The molecular formula is C19H32N6O5. The zero-order chi connectivity index (χ0) is 23.0. The minimum Gasteiger partial charge on any atom is -0.480 e. The molecule has 0 radical (unpaired) electrons. The van der Waals surface area contributed by atoms with Gasteiger partial charge in [0, 0.05) is 18.3 Å². The summed E-state index contributed by atoms with van der Waals surface area (Å²) in [5, 5.41) is 16.6. The topological polar surface area (TPSA) is 179 Å². The second-order valence-electron chi connectivity index (χ2n) is 7.91. The van der Waals surface area contributed by atoms with E-state index in [4.69, 9.17) is 10.8 Å². The predicted octanol–water partition coefficient (Wildman–Crippen LogP) is -0.850. The average Bonchev–Trinajstić information content (AvgIpc) is 3.16. The molecule has 0 aliphatic rings. The monoisotopic (exact) mass is 424 g/mol. The van der Waals surface area contributed by atoms with E-state index in [1.54, 1.807) is 27.7 Å². The van der Waals surface area contributed by atoms with Gasteiger partial charge in [-0.15, -0.1) is 0 Å². The van der Waals surface area contributed by atoms with E-state index in [9.17, 15) is 19.2 Å². The Labute approximate surface area is 175 Å². The standard InChI is InChI=1S/C19H32N6O5/c1-9(2)14(20)17(27)25-15(10(3)4)18(28)24-13(6-12-7-21-8-22-12)16(26)23-11(5)19(29)30/h7-11,13-15H,6,20H2,1-5H3,(H,21,22)(H,23,26)(H,24,28)(H,25,27)(H,29,30). The van der Waals surface area contributed by atoms with E-state index >= 15 is 0 Å². The summed E-state index contributed by atoms with van der Waals surface area (Å²) in [6, 6.07) is -3.91. The van der Waals surface area contributed by atoms with Crippen LogP contribution >= 0.6 is 0 Å². The van der Waals surface area contributed by atoms with Gasteiger partial charge >= 0.3 is 5.97 Å². The lowest BCUT2D eigenvalue weighted by Crippen LogP contribution is -2.59. The first-order chi connectivity index (χ1) is 13.9. The van der Waals surface area contributed by atoms with Gasteiger partial charge in [0.05, 0.1) is 12.4 Å². The zero-order valence-corrected chi connectivity index (χ0v) is 17.9. The van der Waals surface area contributed by atoms with E-state index in [1.807, 2.05) is 0 Å².